The van der Waals surface area contributed by atoms with Gasteiger partial charge < -0.3 is 11.1 Å². The van der Waals surface area contributed by atoms with E-state index in [0.29, 0.717) is 6.42 Å². The summed E-state index contributed by atoms with van der Waals surface area (Å²) in [5.74, 6) is -1.34. The lowest BCUT2D eigenvalue weighted by atomic mass is 9.87. The number of hydrogen-bond donors (Lipinski definition) is 2. The van der Waals surface area contributed by atoms with Crippen LogP contribution in [0, 0.1) is 21.3 Å². The lowest BCUT2D eigenvalue weighted by Gasteiger charge is -2.22. The Labute approximate surface area is 122 Å². The van der Waals surface area contributed by atoms with Gasteiger partial charge in [0, 0.05) is 30.3 Å². The average molecular weight is 297 g/mol. The molecule has 0 fully saturated rings. The quantitative estimate of drug-likeness (QED) is 0.645. The summed E-state index contributed by atoms with van der Waals surface area (Å²) in [6.45, 7) is 6.07. The molecule has 6 nitrogen and oxygen atoms in total. The average Bonchev–Trinajstić information content (AvgIpc) is 2.24. The molecule has 0 aliphatic heterocycles. The second kappa shape index (κ2) is 6.62. The van der Waals surface area contributed by atoms with Crippen LogP contribution in [0.25, 0.3) is 0 Å². The number of rotatable bonds is 5. The second-order valence-electron chi connectivity index (χ2n) is 6.20. The fraction of sp³-hybridized carbons (Fsp3) is 0.500. The van der Waals surface area contributed by atoms with Crippen molar-refractivity contribution in [2.75, 3.05) is 5.32 Å². The predicted octanol–water partition coefficient (Wildman–Crippen LogP) is 2.83. The van der Waals surface area contributed by atoms with E-state index in [9.17, 15) is 19.3 Å². The van der Waals surface area contributed by atoms with Crippen molar-refractivity contribution in [2.45, 2.75) is 39.7 Å². The van der Waals surface area contributed by atoms with Gasteiger partial charge in [0.1, 0.15) is 0 Å². The van der Waals surface area contributed by atoms with Crippen LogP contribution >= 0.6 is 0 Å². The number of benzene rings is 1. The van der Waals surface area contributed by atoms with Gasteiger partial charge in [0.25, 0.3) is 0 Å². The number of carbonyl (C=O) groups excluding carboxylic acids is 1. The Morgan fingerprint density at radius 2 is 2.10 bits per heavy atom. The largest absolute Gasteiger partial charge is 0.327 e. The second-order valence-corrected chi connectivity index (χ2v) is 6.20. The maximum Gasteiger partial charge on any atom is 0.304 e. The van der Waals surface area contributed by atoms with Crippen LogP contribution in [0.1, 0.15) is 33.6 Å². The van der Waals surface area contributed by atoms with Gasteiger partial charge in [-0.3, -0.25) is 14.9 Å². The Hall–Kier alpha value is -2.02. The first-order valence-electron chi connectivity index (χ1n) is 6.58. The van der Waals surface area contributed by atoms with Crippen LogP contribution in [-0.2, 0) is 4.79 Å². The Bertz CT molecular complexity index is 541. The van der Waals surface area contributed by atoms with E-state index in [1.54, 1.807) is 0 Å². The van der Waals surface area contributed by atoms with Crippen molar-refractivity contribution in [1.29, 1.82) is 0 Å². The Morgan fingerprint density at radius 1 is 1.48 bits per heavy atom. The van der Waals surface area contributed by atoms with Crippen LogP contribution in [0.3, 0.4) is 0 Å². The van der Waals surface area contributed by atoms with Gasteiger partial charge in [-0.05, 0) is 17.9 Å². The number of hydrogen-bond acceptors (Lipinski definition) is 4. The summed E-state index contributed by atoms with van der Waals surface area (Å²) in [5, 5.41) is 13.0. The first-order chi connectivity index (χ1) is 9.58. The number of nitrogens with zero attached hydrogens (tertiary/aromatic N) is 1. The van der Waals surface area contributed by atoms with Gasteiger partial charge in [-0.25, -0.2) is 0 Å². The number of nitrogens with two attached hydrogens (primary N) is 1. The molecule has 0 bridgehead atoms. The minimum Gasteiger partial charge on any atom is -0.327 e. The van der Waals surface area contributed by atoms with Gasteiger partial charge in [-0.15, -0.1) is 0 Å². The number of amides is 1. The standard InChI is InChI=1S/C14H20FN3O3/c1-14(2,3)8-9(16)6-13(19)17-10-4-5-12(18(20)21)11(15)7-10/h4-5,7,9H,6,8,16H2,1-3H3,(H,17,19). The molecule has 0 aliphatic carbocycles. The van der Waals surface area contributed by atoms with E-state index in [-0.39, 0.29) is 29.5 Å². The van der Waals surface area contributed by atoms with Crippen molar-refractivity contribution >= 4 is 17.3 Å². The Balaban J connectivity index is 2.63. The molecular formula is C14H20FN3O3. The van der Waals surface area contributed by atoms with Crippen molar-refractivity contribution in [1.82, 2.24) is 0 Å². The van der Waals surface area contributed by atoms with E-state index in [1.165, 1.54) is 6.07 Å². The van der Waals surface area contributed by atoms with Crippen LogP contribution in [-0.4, -0.2) is 16.9 Å². The van der Waals surface area contributed by atoms with E-state index in [0.717, 1.165) is 12.1 Å². The van der Waals surface area contributed by atoms with Gasteiger partial charge in [-0.2, -0.15) is 4.39 Å². The summed E-state index contributed by atoms with van der Waals surface area (Å²) in [6, 6.07) is 2.92. The van der Waals surface area contributed by atoms with Crippen LogP contribution < -0.4 is 11.1 Å². The number of nitro groups is 1. The van der Waals surface area contributed by atoms with Gasteiger partial charge >= 0.3 is 5.69 Å². The molecule has 0 spiro atoms. The lowest BCUT2D eigenvalue weighted by Crippen LogP contribution is -2.31. The van der Waals surface area contributed by atoms with Crippen molar-refractivity contribution in [3.8, 4) is 0 Å². The third kappa shape index (κ3) is 5.86. The molecule has 0 saturated heterocycles. The first-order valence-corrected chi connectivity index (χ1v) is 6.58. The maximum absolute atomic E-state index is 13.4. The summed E-state index contributed by atoms with van der Waals surface area (Å²) >= 11 is 0. The zero-order chi connectivity index (χ0) is 16.2. The summed E-state index contributed by atoms with van der Waals surface area (Å²) in [7, 11) is 0. The smallest absolute Gasteiger partial charge is 0.304 e. The van der Waals surface area contributed by atoms with E-state index < -0.39 is 16.4 Å². The molecular weight excluding hydrogens is 277 g/mol. The van der Waals surface area contributed by atoms with E-state index in [2.05, 4.69) is 5.32 Å². The van der Waals surface area contributed by atoms with Crippen molar-refractivity contribution < 1.29 is 14.1 Å². The molecule has 1 rings (SSSR count). The molecule has 0 heterocycles. The molecule has 1 amide bonds. The highest BCUT2D eigenvalue weighted by Crippen LogP contribution is 2.23. The molecule has 116 valence electrons. The molecule has 1 aromatic rings. The summed E-state index contributed by atoms with van der Waals surface area (Å²) in [5.41, 5.74) is 5.44. The van der Waals surface area contributed by atoms with Crippen LogP contribution in [0.15, 0.2) is 18.2 Å². The SMILES string of the molecule is CC(C)(C)CC(N)CC(=O)Nc1ccc([N+](=O)[O-])c(F)c1. The molecule has 0 saturated carbocycles. The lowest BCUT2D eigenvalue weighted by molar-refractivity contribution is -0.387. The summed E-state index contributed by atoms with van der Waals surface area (Å²) in [4.78, 5) is 21.5. The highest BCUT2D eigenvalue weighted by molar-refractivity contribution is 5.91. The number of nitrogens with one attached hydrogen (secondary N) is 1. The molecule has 1 aromatic carbocycles. The van der Waals surface area contributed by atoms with Gasteiger partial charge in [0.05, 0.1) is 4.92 Å². The number of anilines is 1. The fourth-order valence-electron chi connectivity index (χ4n) is 2.04. The third-order valence-electron chi connectivity index (χ3n) is 2.75. The maximum atomic E-state index is 13.4. The molecule has 0 aliphatic rings. The van der Waals surface area contributed by atoms with Crippen LogP contribution in [0.4, 0.5) is 15.8 Å². The van der Waals surface area contributed by atoms with E-state index >= 15 is 0 Å². The first kappa shape index (κ1) is 17.0. The van der Waals surface area contributed by atoms with Crippen LogP contribution in [0.2, 0.25) is 0 Å². The fourth-order valence-corrected chi connectivity index (χ4v) is 2.04. The summed E-state index contributed by atoms with van der Waals surface area (Å²) < 4.78 is 13.4. The highest BCUT2D eigenvalue weighted by Gasteiger charge is 2.19. The zero-order valence-corrected chi connectivity index (χ0v) is 12.4. The topological polar surface area (TPSA) is 98.3 Å². The monoisotopic (exact) mass is 297 g/mol. The Morgan fingerprint density at radius 3 is 2.57 bits per heavy atom. The minimum absolute atomic E-state index is 0.0131. The van der Waals surface area contributed by atoms with E-state index in [1.807, 2.05) is 20.8 Å². The molecule has 1 atom stereocenters. The molecule has 1 unspecified atom stereocenters. The Kier molecular flexibility index (Phi) is 5.37. The summed E-state index contributed by atoms with van der Waals surface area (Å²) in [6.07, 6.45) is 0.783. The number of nitro benzene ring substituents is 1. The van der Waals surface area contributed by atoms with Gasteiger partial charge in [0.15, 0.2) is 0 Å². The molecule has 0 radical (unpaired) electrons. The van der Waals surface area contributed by atoms with Crippen molar-refractivity contribution in [2.24, 2.45) is 11.1 Å². The molecule has 0 aromatic heterocycles. The third-order valence-corrected chi connectivity index (χ3v) is 2.75. The predicted molar refractivity (Wildman–Crippen MR) is 78.3 cm³/mol. The number of halogens is 1. The van der Waals surface area contributed by atoms with Gasteiger partial charge in [-0.1, -0.05) is 20.8 Å². The van der Waals surface area contributed by atoms with Crippen molar-refractivity contribution in [3.63, 3.8) is 0 Å². The van der Waals surface area contributed by atoms with Gasteiger partial charge in [0.2, 0.25) is 11.7 Å². The van der Waals surface area contributed by atoms with Crippen LogP contribution in [0.5, 0.6) is 0 Å². The zero-order valence-electron chi connectivity index (χ0n) is 12.4. The normalized spacial score (nSPS) is 12.8. The minimum atomic E-state index is -0.989. The molecule has 21 heavy (non-hydrogen) atoms. The number of carbonyl (C=O) groups is 1. The molecule has 7 heteroatoms. The van der Waals surface area contributed by atoms with E-state index in [4.69, 9.17) is 5.73 Å². The van der Waals surface area contributed by atoms with Crippen molar-refractivity contribution in [3.05, 3.63) is 34.1 Å². The highest BCUT2D eigenvalue weighted by atomic mass is 19.1. The molecule has 3 N–H and O–H groups in total.